The summed E-state index contributed by atoms with van der Waals surface area (Å²) in [6, 6.07) is 13.3. The van der Waals surface area contributed by atoms with Gasteiger partial charge in [-0.25, -0.2) is 0 Å². The van der Waals surface area contributed by atoms with E-state index in [0.29, 0.717) is 56.5 Å². The van der Waals surface area contributed by atoms with Gasteiger partial charge in [0.1, 0.15) is 13.2 Å². The SMILES string of the molecule is O=C(c1cccc2c1OCCO2)N1CCN(c2ccc(-n3cccc3)nn2)CC1. The first kappa shape index (κ1) is 17.5. The quantitative estimate of drug-likeness (QED) is 0.680. The fraction of sp³-hybridized carbons (Fsp3) is 0.286. The van der Waals surface area contributed by atoms with Crippen LogP contribution in [0.4, 0.5) is 5.82 Å². The predicted octanol–water partition coefficient (Wildman–Crippen LogP) is 2.00. The highest BCUT2D eigenvalue weighted by Crippen LogP contribution is 2.34. The number of para-hydroxylation sites is 1. The Bertz CT molecular complexity index is 996. The van der Waals surface area contributed by atoms with E-state index in [0.717, 1.165) is 11.6 Å². The van der Waals surface area contributed by atoms with Crippen LogP contribution in [-0.4, -0.2) is 65.0 Å². The molecule has 5 rings (SSSR count). The summed E-state index contributed by atoms with van der Waals surface area (Å²) in [5.74, 6) is 2.77. The molecule has 2 aromatic heterocycles. The van der Waals surface area contributed by atoms with Crippen LogP contribution in [-0.2, 0) is 0 Å². The first-order valence-corrected chi connectivity index (χ1v) is 9.69. The minimum absolute atomic E-state index is 0.0268. The number of ether oxygens (including phenoxy) is 2. The van der Waals surface area contributed by atoms with Crippen molar-refractivity contribution in [1.29, 1.82) is 0 Å². The number of fused-ring (bicyclic) bond motifs is 1. The number of hydrogen-bond acceptors (Lipinski definition) is 6. The summed E-state index contributed by atoms with van der Waals surface area (Å²) in [4.78, 5) is 17.0. The molecule has 0 unspecified atom stereocenters. The van der Waals surface area contributed by atoms with Gasteiger partial charge < -0.3 is 23.8 Å². The molecule has 0 saturated carbocycles. The summed E-state index contributed by atoms with van der Waals surface area (Å²) in [6.07, 6.45) is 3.87. The number of anilines is 1. The molecule has 2 aliphatic rings. The van der Waals surface area contributed by atoms with Crippen LogP contribution in [0, 0.1) is 0 Å². The van der Waals surface area contributed by atoms with Crippen molar-refractivity contribution in [3.8, 4) is 17.3 Å². The second-order valence-corrected chi connectivity index (χ2v) is 6.95. The second-order valence-electron chi connectivity index (χ2n) is 6.95. The van der Waals surface area contributed by atoms with E-state index in [-0.39, 0.29) is 5.91 Å². The number of nitrogens with zero attached hydrogens (tertiary/aromatic N) is 5. The highest BCUT2D eigenvalue weighted by molar-refractivity contribution is 5.98. The molecule has 1 saturated heterocycles. The number of benzene rings is 1. The number of amides is 1. The van der Waals surface area contributed by atoms with Crippen molar-refractivity contribution in [3.05, 3.63) is 60.4 Å². The van der Waals surface area contributed by atoms with Crippen LogP contribution in [0.1, 0.15) is 10.4 Å². The molecular weight excluding hydrogens is 370 g/mol. The molecule has 148 valence electrons. The fourth-order valence-electron chi connectivity index (χ4n) is 3.66. The first-order valence-electron chi connectivity index (χ1n) is 9.69. The van der Waals surface area contributed by atoms with Gasteiger partial charge in [-0.15, -0.1) is 10.2 Å². The van der Waals surface area contributed by atoms with Crippen molar-refractivity contribution in [2.45, 2.75) is 0 Å². The summed E-state index contributed by atoms with van der Waals surface area (Å²) in [5, 5.41) is 8.67. The molecule has 0 atom stereocenters. The normalized spacial score (nSPS) is 16.0. The highest BCUT2D eigenvalue weighted by atomic mass is 16.6. The Balaban J connectivity index is 1.25. The lowest BCUT2D eigenvalue weighted by molar-refractivity contribution is 0.0736. The van der Waals surface area contributed by atoms with Crippen molar-refractivity contribution < 1.29 is 14.3 Å². The van der Waals surface area contributed by atoms with Gasteiger partial charge in [-0.2, -0.15) is 0 Å². The molecule has 0 aliphatic carbocycles. The molecule has 0 radical (unpaired) electrons. The fourth-order valence-corrected chi connectivity index (χ4v) is 3.66. The molecule has 1 fully saturated rings. The number of rotatable bonds is 3. The van der Waals surface area contributed by atoms with E-state index in [1.165, 1.54) is 0 Å². The number of aromatic nitrogens is 3. The van der Waals surface area contributed by atoms with Crippen LogP contribution in [0.2, 0.25) is 0 Å². The van der Waals surface area contributed by atoms with Crippen LogP contribution in [0.15, 0.2) is 54.9 Å². The van der Waals surface area contributed by atoms with E-state index in [9.17, 15) is 4.79 Å². The van der Waals surface area contributed by atoms with E-state index in [4.69, 9.17) is 9.47 Å². The lowest BCUT2D eigenvalue weighted by Crippen LogP contribution is -2.49. The number of hydrogen-bond donors (Lipinski definition) is 0. The Kier molecular flexibility index (Phi) is 4.51. The van der Waals surface area contributed by atoms with Gasteiger partial charge in [-0.05, 0) is 36.4 Å². The minimum atomic E-state index is -0.0268. The molecule has 8 nitrogen and oxygen atoms in total. The zero-order valence-corrected chi connectivity index (χ0v) is 15.9. The van der Waals surface area contributed by atoms with E-state index >= 15 is 0 Å². The Labute approximate surface area is 168 Å². The Morgan fingerprint density at radius 2 is 1.55 bits per heavy atom. The average Bonchev–Trinajstić information content (AvgIpc) is 3.33. The van der Waals surface area contributed by atoms with Crippen molar-refractivity contribution in [2.24, 2.45) is 0 Å². The Morgan fingerprint density at radius 1 is 0.828 bits per heavy atom. The van der Waals surface area contributed by atoms with Crippen molar-refractivity contribution >= 4 is 11.7 Å². The Morgan fingerprint density at radius 3 is 2.31 bits per heavy atom. The maximum absolute atomic E-state index is 13.0. The van der Waals surface area contributed by atoms with Gasteiger partial charge in [0.2, 0.25) is 0 Å². The molecule has 0 spiro atoms. The molecule has 29 heavy (non-hydrogen) atoms. The second kappa shape index (κ2) is 7.46. The predicted molar refractivity (Wildman–Crippen MR) is 107 cm³/mol. The average molecular weight is 391 g/mol. The molecule has 1 aromatic carbocycles. The van der Waals surface area contributed by atoms with Crippen molar-refractivity contribution in [1.82, 2.24) is 19.7 Å². The Hall–Kier alpha value is -3.55. The topological polar surface area (TPSA) is 72.7 Å². The van der Waals surface area contributed by atoms with Crippen LogP contribution in [0.5, 0.6) is 11.5 Å². The lowest BCUT2D eigenvalue weighted by atomic mass is 10.1. The van der Waals surface area contributed by atoms with Crippen LogP contribution < -0.4 is 14.4 Å². The third kappa shape index (κ3) is 3.37. The van der Waals surface area contributed by atoms with E-state index in [1.807, 2.05) is 58.3 Å². The maximum atomic E-state index is 13.0. The van der Waals surface area contributed by atoms with Crippen LogP contribution >= 0.6 is 0 Å². The summed E-state index contributed by atoms with van der Waals surface area (Å²) in [6.45, 7) is 3.61. The van der Waals surface area contributed by atoms with Crippen molar-refractivity contribution in [2.75, 3.05) is 44.3 Å². The first-order chi connectivity index (χ1) is 14.3. The van der Waals surface area contributed by atoms with E-state index in [1.54, 1.807) is 6.07 Å². The van der Waals surface area contributed by atoms with E-state index in [2.05, 4.69) is 15.1 Å². The van der Waals surface area contributed by atoms with Gasteiger partial charge in [-0.1, -0.05) is 6.07 Å². The third-order valence-electron chi connectivity index (χ3n) is 5.19. The summed E-state index contributed by atoms with van der Waals surface area (Å²) in [7, 11) is 0. The zero-order valence-electron chi connectivity index (χ0n) is 15.9. The lowest BCUT2D eigenvalue weighted by Gasteiger charge is -2.35. The molecule has 4 heterocycles. The highest BCUT2D eigenvalue weighted by Gasteiger charge is 2.27. The number of piperazine rings is 1. The summed E-state index contributed by atoms with van der Waals surface area (Å²) in [5.41, 5.74) is 0.562. The van der Waals surface area contributed by atoms with Gasteiger partial charge in [0.25, 0.3) is 5.91 Å². The largest absolute Gasteiger partial charge is 0.486 e. The third-order valence-corrected chi connectivity index (χ3v) is 5.19. The molecule has 0 N–H and O–H groups in total. The summed E-state index contributed by atoms with van der Waals surface area (Å²) < 4.78 is 13.2. The molecule has 8 heteroatoms. The number of carbonyl (C=O) groups is 1. The number of carbonyl (C=O) groups excluding carboxylic acids is 1. The van der Waals surface area contributed by atoms with Crippen molar-refractivity contribution in [3.63, 3.8) is 0 Å². The summed E-state index contributed by atoms with van der Waals surface area (Å²) >= 11 is 0. The van der Waals surface area contributed by atoms with Gasteiger partial charge in [0.15, 0.2) is 23.1 Å². The monoisotopic (exact) mass is 391 g/mol. The van der Waals surface area contributed by atoms with Gasteiger partial charge in [-0.3, -0.25) is 4.79 Å². The van der Waals surface area contributed by atoms with E-state index < -0.39 is 0 Å². The van der Waals surface area contributed by atoms with Gasteiger partial charge >= 0.3 is 0 Å². The smallest absolute Gasteiger partial charge is 0.257 e. The van der Waals surface area contributed by atoms with Gasteiger partial charge in [0, 0.05) is 38.6 Å². The van der Waals surface area contributed by atoms with Gasteiger partial charge in [0.05, 0.1) is 5.56 Å². The molecule has 2 aliphatic heterocycles. The van der Waals surface area contributed by atoms with Crippen LogP contribution in [0.3, 0.4) is 0 Å². The molecule has 3 aromatic rings. The minimum Gasteiger partial charge on any atom is -0.486 e. The molecular formula is C21H21N5O3. The zero-order chi connectivity index (χ0) is 19.6. The van der Waals surface area contributed by atoms with Crippen LogP contribution in [0.25, 0.3) is 5.82 Å². The standard InChI is InChI=1S/C21H21N5O3/c27-21(16-4-3-5-17-20(16)29-15-14-28-17)26-12-10-25(11-13-26)19-7-6-18(22-23-19)24-8-1-2-9-24/h1-9H,10-15H2. The maximum Gasteiger partial charge on any atom is 0.257 e. The molecule has 0 bridgehead atoms. The molecule has 1 amide bonds.